The van der Waals surface area contributed by atoms with Crippen LogP contribution >= 0.6 is 0 Å². The largest absolute Gasteiger partial charge is 0.457 e. The van der Waals surface area contributed by atoms with Crippen LogP contribution in [-0.4, -0.2) is 5.11 Å². The molecule has 2 aromatic carbocycles. The van der Waals surface area contributed by atoms with Gasteiger partial charge in [-0.05, 0) is 37.1 Å². The summed E-state index contributed by atoms with van der Waals surface area (Å²) in [6.07, 6.45) is 0. The second-order valence-corrected chi connectivity index (χ2v) is 4.07. The third-order valence-electron chi connectivity index (χ3n) is 2.92. The van der Waals surface area contributed by atoms with Crippen molar-refractivity contribution in [3.8, 4) is 11.5 Å². The van der Waals surface area contributed by atoms with E-state index < -0.39 is 0 Å². The summed E-state index contributed by atoms with van der Waals surface area (Å²) in [5.41, 5.74) is 3.12. The smallest absolute Gasteiger partial charge is 0.132 e. The minimum atomic E-state index is -0.0129. The maximum absolute atomic E-state index is 9.24. The molecule has 2 nitrogen and oxygen atoms in total. The first-order chi connectivity index (χ1) is 8.22. The minimum Gasteiger partial charge on any atom is -0.457 e. The summed E-state index contributed by atoms with van der Waals surface area (Å²) in [7, 11) is 0. The van der Waals surface area contributed by atoms with E-state index in [2.05, 4.69) is 13.0 Å². The van der Waals surface area contributed by atoms with Crippen molar-refractivity contribution in [2.45, 2.75) is 20.5 Å². The molecule has 0 heterocycles. The predicted molar refractivity (Wildman–Crippen MR) is 68.4 cm³/mol. The lowest BCUT2D eigenvalue weighted by Gasteiger charge is -2.12. The van der Waals surface area contributed by atoms with Gasteiger partial charge in [0, 0.05) is 5.56 Å². The van der Waals surface area contributed by atoms with E-state index in [4.69, 9.17) is 4.74 Å². The quantitative estimate of drug-likeness (QED) is 0.870. The molecule has 2 rings (SSSR count). The molecule has 88 valence electrons. The van der Waals surface area contributed by atoms with Crippen LogP contribution in [0.1, 0.15) is 16.7 Å². The van der Waals surface area contributed by atoms with E-state index in [0.717, 1.165) is 16.9 Å². The molecule has 0 saturated heterocycles. The number of aliphatic hydroxyl groups is 1. The Morgan fingerprint density at radius 3 is 2.41 bits per heavy atom. The Labute approximate surface area is 101 Å². The number of hydrogen-bond donors (Lipinski definition) is 1. The Morgan fingerprint density at radius 2 is 1.65 bits per heavy atom. The monoisotopic (exact) mass is 228 g/mol. The van der Waals surface area contributed by atoms with Gasteiger partial charge in [-0.15, -0.1) is 0 Å². The Balaban J connectivity index is 2.35. The molecule has 2 heteroatoms. The topological polar surface area (TPSA) is 29.5 Å². The van der Waals surface area contributed by atoms with Crippen LogP contribution in [0.15, 0.2) is 42.5 Å². The van der Waals surface area contributed by atoms with Crippen molar-refractivity contribution in [3.05, 3.63) is 59.2 Å². The molecule has 0 bridgehead atoms. The van der Waals surface area contributed by atoms with Gasteiger partial charge in [0.15, 0.2) is 0 Å². The molecule has 0 aromatic heterocycles. The second-order valence-electron chi connectivity index (χ2n) is 4.07. The van der Waals surface area contributed by atoms with E-state index in [0.29, 0.717) is 5.75 Å². The molecule has 0 fully saturated rings. The van der Waals surface area contributed by atoms with Gasteiger partial charge in [-0.1, -0.05) is 30.3 Å². The lowest BCUT2D eigenvalue weighted by atomic mass is 10.1. The third kappa shape index (κ3) is 2.48. The number of rotatable bonds is 3. The highest BCUT2D eigenvalue weighted by atomic mass is 16.5. The van der Waals surface area contributed by atoms with E-state index in [9.17, 15) is 5.11 Å². The molecule has 2 aromatic rings. The first kappa shape index (κ1) is 11.7. The van der Waals surface area contributed by atoms with Crippen LogP contribution in [0, 0.1) is 13.8 Å². The zero-order valence-electron chi connectivity index (χ0n) is 10.1. The van der Waals surface area contributed by atoms with Gasteiger partial charge in [0.2, 0.25) is 0 Å². The molecule has 0 aliphatic carbocycles. The molecule has 0 aliphatic heterocycles. The van der Waals surface area contributed by atoms with E-state index in [1.165, 1.54) is 5.56 Å². The Hall–Kier alpha value is -1.80. The molecule has 0 spiro atoms. The SMILES string of the molecule is Cc1cccc(Oc2ccccc2CO)c1C. The molecule has 0 unspecified atom stereocenters. The number of aryl methyl sites for hydroxylation is 1. The van der Waals surface area contributed by atoms with Crippen molar-refractivity contribution >= 4 is 0 Å². The minimum absolute atomic E-state index is 0.0129. The highest BCUT2D eigenvalue weighted by molar-refractivity contribution is 5.43. The van der Waals surface area contributed by atoms with Crippen molar-refractivity contribution in [2.75, 3.05) is 0 Å². The maximum Gasteiger partial charge on any atom is 0.132 e. The third-order valence-corrected chi connectivity index (χ3v) is 2.92. The number of aliphatic hydroxyl groups excluding tert-OH is 1. The molecule has 0 saturated carbocycles. The summed E-state index contributed by atoms with van der Waals surface area (Å²) in [5.74, 6) is 1.55. The van der Waals surface area contributed by atoms with Crippen LogP contribution in [-0.2, 0) is 6.61 Å². The van der Waals surface area contributed by atoms with Crippen LogP contribution in [0.4, 0.5) is 0 Å². The van der Waals surface area contributed by atoms with Crippen molar-refractivity contribution in [2.24, 2.45) is 0 Å². The average Bonchev–Trinajstić information content (AvgIpc) is 2.35. The molecular formula is C15H16O2. The summed E-state index contributed by atoms with van der Waals surface area (Å²) in [5, 5.41) is 9.24. The summed E-state index contributed by atoms with van der Waals surface area (Å²) in [6, 6.07) is 13.5. The summed E-state index contributed by atoms with van der Waals surface area (Å²) >= 11 is 0. The van der Waals surface area contributed by atoms with Crippen LogP contribution < -0.4 is 4.74 Å². The number of para-hydroxylation sites is 1. The van der Waals surface area contributed by atoms with E-state index in [-0.39, 0.29) is 6.61 Å². The van der Waals surface area contributed by atoms with Crippen LogP contribution in [0.2, 0.25) is 0 Å². The van der Waals surface area contributed by atoms with Gasteiger partial charge in [0.25, 0.3) is 0 Å². The number of hydrogen-bond acceptors (Lipinski definition) is 2. The fourth-order valence-electron chi connectivity index (χ4n) is 1.69. The normalized spacial score (nSPS) is 10.3. The summed E-state index contributed by atoms with van der Waals surface area (Å²) in [4.78, 5) is 0. The average molecular weight is 228 g/mol. The fourth-order valence-corrected chi connectivity index (χ4v) is 1.69. The maximum atomic E-state index is 9.24. The Bertz CT molecular complexity index is 518. The predicted octanol–water partition coefficient (Wildman–Crippen LogP) is 3.59. The number of benzene rings is 2. The first-order valence-electron chi connectivity index (χ1n) is 5.65. The van der Waals surface area contributed by atoms with Gasteiger partial charge in [-0.25, -0.2) is 0 Å². The molecule has 0 aliphatic rings. The second kappa shape index (κ2) is 5.02. The van der Waals surface area contributed by atoms with Gasteiger partial charge < -0.3 is 9.84 Å². The molecule has 0 amide bonds. The van der Waals surface area contributed by atoms with E-state index in [1.54, 1.807) is 0 Å². The molecular weight excluding hydrogens is 212 g/mol. The zero-order chi connectivity index (χ0) is 12.3. The lowest BCUT2D eigenvalue weighted by Crippen LogP contribution is -1.93. The van der Waals surface area contributed by atoms with Gasteiger partial charge in [-0.2, -0.15) is 0 Å². The van der Waals surface area contributed by atoms with Gasteiger partial charge in [0.1, 0.15) is 11.5 Å². The van der Waals surface area contributed by atoms with Crippen molar-refractivity contribution in [1.82, 2.24) is 0 Å². The van der Waals surface area contributed by atoms with Gasteiger partial charge in [-0.3, -0.25) is 0 Å². The molecule has 17 heavy (non-hydrogen) atoms. The standard InChI is InChI=1S/C15H16O2/c1-11-6-5-9-14(12(11)2)17-15-8-4-3-7-13(15)10-16/h3-9,16H,10H2,1-2H3. The summed E-state index contributed by atoms with van der Waals surface area (Å²) < 4.78 is 5.85. The summed E-state index contributed by atoms with van der Waals surface area (Å²) in [6.45, 7) is 4.08. The van der Waals surface area contributed by atoms with Gasteiger partial charge >= 0.3 is 0 Å². The first-order valence-corrected chi connectivity index (χ1v) is 5.65. The Kier molecular flexibility index (Phi) is 3.45. The highest BCUT2D eigenvalue weighted by Crippen LogP contribution is 2.29. The molecule has 1 N–H and O–H groups in total. The lowest BCUT2D eigenvalue weighted by molar-refractivity contribution is 0.276. The number of ether oxygens (including phenoxy) is 1. The van der Waals surface area contributed by atoms with Crippen molar-refractivity contribution in [3.63, 3.8) is 0 Å². The van der Waals surface area contributed by atoms with Crippen molar-refractivity contribution < 1.29 is 9.84 Å². The fraction of sp³-hybridized carbons (Fsp3) is 0.200. The van der Waals surface area contributed by atoms with Crippen molar-refractivity contribution in [1.29, 1.82) is 0 Å². The van der Waals surface area contributed by atoms with Crippen LogP contribution in [0.3, 0.4) is 0 Å². The molecule has 0 radical (unpaired) electrons. The highest BCUT2D eigenvalue weighted by Gasteiger charge is 2.06. The Morgan fingerprint density at radius 1 is 0.941 bits per heavy atom. The molecule has 0 atom stereocenters. The zero-order valence-corrected chi connectivity index (χ0v) is 10.1. The van der Waals surface area contributed by atoms with E-state index in [1.807, 2.05) is 43.3 Å². The van der Waals surface area contributed by atoms with Crippen LogP contribution in [0.25, 0.3) is 0 Å². The van der Waals surface area contributed by atoms with Crippen LogP contribution in [0.5, 0.6) is 11.5 Å². The van der Waals surface area contributed by atoms with Gasteiger partial charge in [0.05, 0.1) is 6.61 Å². The van der Waals surface area contributed by atoms with E-state index >= 15 is 0 Å².